The molecule has 0 aliphatic carbocycles. The van der Waals surface area contributed by atoms with Crippen molar-refractivity contribution in [2.75, 3.05) is 0 Å². The van der Waals surface area contributed by atoms with Crippen LogP contribution in [0.25, 0.3) is 22.2 Å². The monoisotopic (exact) mass is 599 g/mol. The topological polar surface area (TPSA) is 155 Å². The van der Waals surface area contributed by atoms with Crippen LogP contribution in [0.4, 0.5) is 0 Å². The largest absolute Gasteiger partial charge is 0.342 e. The Bertz CT molecular complexity index is 2230. The predicted molar refractivity (Wildman–Crippen MR) is 168 cm³/mol. The summed E-state index contributed by atoms with van der Waals surface area (Å²) in [6, 6.07) is 14.6. The van der Waals surface area contributed by atoms with Crippen LogP contribution in [-0.4, -0.2) is 51.7 Å². The number of carbonyl (C=O) groups is 2. The van der Waals surface area contributed by atoms with Crippen molar-refractivity contribution in [1.82, 2.24) is 39.2 Å². The summed E-state index contributed by atoms with van der Waals surface area (Å²) >= 11 is 0. The molecule has 0 radical (unpaired) electrons. The zero-order valence-corrected chi connectivity index (χ0v) is 25.0. The number of ketones is 1. The van der Waals surface area contributed by atoms with Gasteiger partial charge in [0.25, 0.3) is 11.5 Å². The minimum atomic E-state index is -0.727. The van der Waals surface area contributed by atoms with Gasteiger partial charge in [-0.25, -0.2) is 14.5 Å². The van der Waals surface area contributed by atoms with Gasteiger partial charge in [-0.15, -0.1) is 0 Å². The molecule has 12 nitrogen and oxygen atoms in total. The molecule has 224 valence electrons. The third-order valence-electron chi connectivity index (χ3n) is 7.39. The van der Waals surface area contributed by atoms with Crippen LogP contribution in [0.1, 0.15) is 63.4 Å². The maximum absolute atomic E-state index is 14.3. The lowest BCUT2D eigenvalue weighted by atomic mass is 10.1. The minimum Gasteiger partial charge on any atom is -0.342 e. The number of amides is 1. The van der Waals surface area contributed by atoms with Gasteiger partial charge in [-0.3, -0.25) is 23.6 Å². The lowest BCUT2D eigenvalue weighted by Gasteiger charge is -2.20. The molecule has 0 aliphatic heterocycles. The van der Waals surface area contributed by atoms with Crippen molar-refractivity contribution in [3.05, 3.63) is 117 Å². The van der Waals surface area contributed by atoms with Gasteiger partial charge in [0.05, 0.1) is 46.1 Å². The summed E-state index contributed by atoms with van der Waals surface area (Å²) in [6.07, 6.45) is 4.82. The first-order valence-corrected chi connectivity index (χ1v) is 14.2. The molecule has 2 atom stereocenters. The molecule has 2 aromatic carbocycles. The van der Waals surface area contributed by atoms with Crippen molar-refractivity contribution in [3.8, 4) is 17.5 Å². The summed E-state index contributed by atoms with van der Waals surface area (Å²) in [5, 5.41) is 11.8. The van der Waals surface area contributed by atoms with E-state index in [0.717, 1.165) is 0 Å². The van der Waals surface area contributed by atoms with E-state index in [4.69, 9.17) is 10.7 Å². The quantitative estimate of drug-likeness (QED) is 0.219. The lowest BCUT2D eigenvalue weighted by molar-refractivity contribution is 0.0936. The number of rotatable bonds is 6. The first-order valence-electron chi connectivity index (χ1n) is 14.2. The highest BCUT2D eigenvalue weighted by Gasteiger charge is 2.25. The molecule has 45 heavy (non-hydrogen) atoms. The molecular formula is C33H29N9O3. The first kappa shape index (κ1) is 29.2. The third-order valence-corrected chi connectivity index (χ3v) is 7.39. The Hall–Kier alpha value is -5.93. The van der Waals surface area contributed by atoms with E-state index < -0.39 is 18.0 Å². The normalized spacial score (nSPS) is 12.5. The number of para-hydroxylation sites is 1. The van der Waals surface area contributed by atoms with Crippen LogP contribution in [0, 0.1) is 18.8 Å². The number of nitrogens with one attached hydrogen (secondary N) is 1. The Morgan fingerprint density at radius 2 is 1.76 bits per heavy atom. The van der Waals surface area contributed by atoms with Crippen molar-refractivity contribution < 1.29 is 9.59 Å². The third kappa shape index (κ3) is 5.26. The van der Waals surface area contributed by atoms with Crippen molar-refractivity contribution in [3.63, 3.8) is 0 Å². The van der Waals surface area contributed by atoms with E-state index in [1.807, 2.05) is 18.2 Å². The van der Waals surface area contributed by atoms with Gasteiger partial charge in [0.1, 0.15) is 17.1 Å². The van der Waals surface area contributed by atoms with Crippen LogP contribution in [0.3, 0.4) is 0 Å². The lowest BCUT2D eigenvalue weighted by Crippen LogP contribution is -2.33. The number of hydrogen-bond donors (Lipinski definition) is 2. The van der Waals surface area contributed by atoms with E-state index in [9.17, 15) is 14.4 Å². The van der Waals surface area contributed by atoms with Gasteiger partial charge in [0.2, 0.25) is 0 Å². The number of nitrogens with zero attached hydrogens (tertiary/aromatic N) is 7. The van der Waals surface area contributed by atoms with E-state index in [1.165, 1.54) is 15.4 Å². The van der Waals surface area contributed by atoms with E-state index in [2.05, 4.69) is 32.3 Å². The fraction of sp³-hybridized carbons (Fsp3) is 0.182. The number of nitrogens with two attached hydrogens (primary N) is 1. The van der Waals surface area contributed by atoms with Gasteiger partial charge in [0.15, 0.2) is 11.4 Å². The zero-order chi connectivity index (χ0) is 31.8. The molecule has 6 rings (SSSR count). The SMILES string of the molecule is Cc1nn2cccnc2c1C(=O)NC(C)c1nc2cccc(C#Cc3cnn(C)c3C(=O)C(C)N)c2c(=O)n1-c1ccccc1. The van der Waals surface area contributed by atoms with Crippen LogP contribution in [-0.2, 0) is 7.05 Å². The maximum Gasteiger partial charge on any atom is 0.267 e. The standard InChI is InChI=1S/C33H29N9O3/c1-19(34)29(43)28-23(18-36-40(28)4)15-14-22-10-8-13-25-27(22)33(45)42(24-11-6-5-7-12-24)30(38-25)21(3)37-32(44)26-20(2)39-41-17-9-16-35-31(26)41/h5-13,16-19,21H,34H2,1-4H3,(H,37,44). The molecule has 3 N–H and O–H groups in total. The molecule has 4 aromatic heterocycles. The smallest absolute Gasteiger partial charge is 0.267 e. The average Bonchev–Trinajstić information content (AvgIpc) is 3.57. The highest BCUT2D eigenvalue weighted by atomic mass is 16.2. The average molecular weight is 600 g/mol. The molecule has 12 heteroatoms. The van der Waals surface area contributed by atoms with E-state index in [-0.39, 0.29) is 11.3 Å². The molecular weight excluding hydrogens is 570 g/mol. The molecule has 6 aromatic rings. The molecule has 0 aliphatic rings. The van der Waals surface area contributed by atoms with Gasteiger partial charge in [0, 0.05) is 25.0 Å². The number of carbonyl (C=O) groups excluding carboxylic acids is 2. The zero-order valence-electron chi connectivity index (χ0n) is 25.0. The van der Waals surface area contributed by atoms with E-state index >= 15 is 0 Å². The van der Waals surface area contributed by atoms with Gasteiger partial charge in [-0.2, -0.15) is 10.2 Å². The summed E-state index contributed by atoms with van der Waals surface area (Å²) in [4.78, 5) is 49.8. The summed E-state index contributed by atoms with van der Waals surface area (Å²) in [5.74, 6) is 5.71. The van der Waals surface area contributed by atoms with Crippen molar-refractivity contribution in [2.24, 2.45) is 12.8 Å². The number of aryl methyl sites for hydroxylation is 2. The van der Waals surface area contributed by atoms with Crippen molar-refractivity contribution in [2.45, 2.75) is 32.9 Å². The first-order chi connectivity index (χ1) is 21.7. The maximum atomic E-state index is 14.3. The Morgan fingerprint density at radius 1 is 1.00 bits per heavy atom. The number of Topliss-reactive ketones (excluding diaryl/α,β-unsaturated/α-hetero) is 1. The molecule has 0 bridgehead atoms. The summed E-state index contributed by atoms with van der Waals surface area (Å²) < 4.78 is 4.47. The number of fused-ring (bicyclic) bond motifs is 2. The minimum absolute atomic E-state index is 0.291. The number of hydrogen-bond acceptors (Lipinski definition) is 8. The van der Waals surface area contributed by atoms with Gasteiger partial charge < -0.3 is 11.1 Å². The van der Waals surface area contributed by atoms with E-state index in [1.54, 1.807) is 81.1 Å². The van der Waals surface area contributed by atoms with Crippen LogP contribution in [0.5, 0.6) is 0 Å². The Morgan fingerprint density at radius 3 is 2.51 bits per heavy atom. The number of benzene rings is 2. The van der Waals surface area contributed by atoms with Crippen LogP contribution >= 0.6 is 0 Å². The highest BCUT2D eigenvalue weighted by Crippen LogP contribution is 2.22. The predicted octanol–water partition coefficient (Wildman–Crippen LogP) is 2.89. The molecule has 0 spiro atoms. The second kappa shape index (κ2) is 11.6. The second-order valence-corrected chi connectivity index (χ2v) is 10.6. The molecule has 4 heterocycles. The molecule has 0 saturated carbocycles. The van der Waals surface area contributed by atoms with Crippen molar-refractivity contribution in [1.29, 1.82) is 0 Å². The number of aromatic nitrogens is 7. The van der Waals surface area contributed by atoms with Crippen LogP contribution in [0.15, 0.2) is 78.0 Å². The van der Waals surface area contributed by atoms with Gasteiger partial charge in [-0.05, 0) is 51.1 Å². The molecule has 0 saturated heterocycles. The molecule has 2 unspecified atom stereocenters. The summed E-state index contributed by atoms with van der Waals surface area (Å²) in [6.45, 7) is 5.11. The Labute approximate surface area is 257 Å². The van der Waals surface area contributed by atoms with E-state index in [0.29, 0.717) is 56.1 Å². The van der Waals surface area contributed by atoms with Gasteiger partial charge >= 0.3 is 0 Å². The molecule has 0 fully saturated rings. The summed E-state index contributed by atoms with van der Waals surface area (Å²) in [5.41, 5.74) is 8.86. The second-order valence-electron chi connectivity index (χ2n) is 10.6. The summed E-state index contributed by atoms with van der Waals surface area (Å²) in [7, 11) is 1.65. The highest BCUT2D eigenvalue weighted by molar-refractivity contribution is 6.01. The van der Waals surface area contributed by atoms with Gasteiger partial charge in [-0.1, -0.05) is 36.1 Å². The fourth-order valence-electron chi connectivity index (χ4n) is 5.24. The molecule has 1 amide bonds. The Kier molecular flexibility index (Phi) is 7.53. The fourth-order valence-corrected chi connectivity index (χ4v) is 5.24. The van der Waals surface area contributed by atoms with Crippen LogP contribution in [0.2, 0.25) is 0 Å². The van der Waals surface area contributed by atoms with Crippen molar-refractivity contribution >= 4 is 28.2 Å². The Balaban J connectivity index is 1.47. The van der Waals surface area contributed by atoms with Crippen LogP contribution < -0.4 is 16.6 Å².